The molecule has 3 rings (SSSR count). The molecule has 0 saturated carbocycles. The molecule has 2 aromatic heterocycles. The van der Waals surface area contributed by atoms with Gasteiger partial charge in [0.05, 0.1) is 24.1 Å². The molecule has 1 fully saturated rings. The molecule has 2 aromatic rings. The first-order valence-electron chi connectivity index (χ1n) is 7.73. The van der Waals surface area contributed by atoms with E-state index < -0.39 is 0 Å². The second kappa shape index (κ2) is 7.06. The van der Waals surface area contributed by atoms with Crippen molar-refractivity contribution < 1.29 is 4.79 Å². The maximum atomic E-state index is 12.1. The Morgan fingerprint density at radius 3 is 3.00 bits per heavy atom. The van der Waals surface area contributed by atoms with E-state index in [1.807, 2.05) is 19.1 Å². The lowest BCUT2D eigenvalue weighted by molar-refractivity contribution is -0.117. The molecule has 122 valence electrons. The number of pyridine rings is 1. The van der Waals surface area contributed by atoms with Crippen molar-refractivity contribution in [2.45, 2.75) is 19.9 Å². The highest BCUT2D eigenvalue weighted by atomic mass is 32.1. The summed E-state index contributed by atoms with van der Waals surface area (Å²) >= 11 is 1.69. The molecular formula is C16H21N5OS. The second-order valence-electron chi connectivity index (χ2n) is 5.84. The molecule has 3 heterocycles. The largest absolute Gasteiger partial charge is 0.343 e. The molecule has 6 nitrogen and oxygen atoms in total. The average Bonchev–Trinajstić information content (AvgIpc) is 2.94. The summed E-state index contributed by atoms with van der Waals surface area (Å²) in [6, 6.07) is 4.00. The molecule has 0 aliphatic carbocycles. The molecule has 1 amide bonds. The number of hydrogen-bond donors (Lipinski definition) is 1. The molecule has 23 heavy (non-hydrogen) atoms. The van der Waals surface area contributed by atoms with Gasteiger partial charge in [-0.3, -0.25) is 14.7 Å². The number of carbonyl (C=O) groups is 1. The van der Waals surface area contributed by atoms with E-state index in [0.29, 0.717) is 12.6 Å². The predicted molar refractivity (Wildman–Crippen MR) is 93.0 cm³/mol. The highest BCUT2D eigenvalue weighted by Gasteiger charge is 2.26. The van der Waals surface area contributed by atoms with Gasteiger partial charge in [0.2, 0.25) is 5.91 Å². The second-order valence-corrected chi connectivity index (χ2v) is 6.68. The van der Waals surface area contributed by atoms with Crippen LogP contribution in [0.15, 0.2) is 29.9 Å². The third kappa shape index (κ3) is 4.05. The summed E-state index contributed by atoms with van der Waals surface area (Å²) < 4.78 is 0. The monoisotopic (exact) mass is 331 g/mol. The molecule has 0 spiro atoms. The Kier molecular flexibility index (Phi) is 4.88. The molecule has 1 N–H and O–H groups in total. The summed E-state index contributed by atoms with van der Waals surface area (Å²) in [5.41, 5.74) is 1.80. The first-order chi connectivity index (χ1) is 11.1. The minimum Gasteiger partial charge on any atom is -0.343 e. The van der Waals surface area contributed by atoms with Crippen molar-refractivity contribution in [1.29, 1.82) is 0 Å². The molecule has 1 aliphatic rings. The van der Waals surface area contributed by atoms with Gasteiger partial charge in [-0.25, -0.2) is 4.98 Å². The summed E-state index contributed by atoms with van der Waals surface area (Å²) in [5, 5.41) is 6.04. The number of anilines is 2. The number of carbonyl (C=O) groups excluding carboxylic acids is 1. The molecule has 0 unspecified atom stereocenters. The van der Waals surface area contributed by atoms with Crippen LogP contribution in [-0.2, 0) is 4.79 Å². The SMILES string of the molecule is Cc1csc(N2CCN(CC(=O)Nc3cccnc3)C[C@@H]2C)n1. The predicted octanol–water partition coefficient (Wildman–Crippen LogP) is 2.00. The fourth-order valence-corrected chi connectivity index (χ4v) is 3.71. The Bertz CT molecular complexity index is 660. The van der Waals surface area contributed by atoms with E-state index in [9.17, 15) is 4.79 Å². The van der Waals surface area contributed by atoms with Gasteiger partial charge in [-0.15, -0.1) is 11.3 Å². The van der Waals surface area contributed by atoms with Crippen LogP contribution in [0.5, 0.6) is 0 Å². The van der Waals surface area contributed by atoms with Gasteiger partial charge in [-0.05, 0) is 26.0 Å². The number of piperazine rings is 1. The molecule has 0 bridgehead atoms. The lowest BCUT2D eigenvalue weighted by atomic mass is 10.2. The fraction of sp³-hybridized carbons (Fsp3) is 0.438. The minimum absolute atomic E-state index is 0.00347. The number of nitrogens with one attached hydrogen (secondary N) is 1. The summed E-state index contributed by atoms with van der Waals surface area (Å²) in [6.07, 6.45) is 3.35. The molecule has 1 saturated heterocycles. The summed E-state index contributed by atoms with van der Waals surface area (Å²) in [7, 11) is 0. The van der Waals surface area contributed by atoms with Crippen LogP contribution in [0.3, 0.4) is 0 Å². The minimum atomic E-state index is 0.00347. The quantitative estimate of drug-likeness (QED) is 0.928. The highest BCUT2D eigenvalue weighted by Crippen LogP contribution is 2.24. The van der Waals surface area contributed by atoms with Crippen LogP contribution in [0.25, 0.3) is 0 Å². The lowest BCUT2D eigenvalue weighted by Crippen LogP contribution is -2.53. The van der Waals surface area contributed by atoms with E-state index in [1.165, 1.54) is 0 Å². The van der Waals surface area contributed by atoms with Crippen LogP contribution in [0.1, 0.15) is 12.6 Å². The van der Waals surface area contributed by atoms with E-state index in [0.717, 1.165) is 36.1 Å². The van der Waals surface area contributed by atoms with Gasteiger partial charge in [0.1, 0.15) is 0 Å². The average molecular weight is 331 g/mol. The Balaban J connectivity index is 1.52. The van der Waals surface area contributed by atoms with Crippen molar-refractivity contribution in [3.8, 4) is 0 Å². The molecule has 0 aromatic carbocycles. The zero-order valence-electron chi connectivity index (χ0n) is 13.4. The molecule has 1 atom stereocenters. The topological polar surface area (TPSA) is 61.4 Å². The lowest BCUT2D eigenvalue weighted by Gasteiger charge is -2.39. The number of hydrogen-bond acceptors (Lipinski definition) is 6. The smallest absolute Gasteiger partial charge is 0.238 e. The van der Waals surface area contributed by atoms with Crippen molar-refractivity contribution in [2.24, 2.45) is 0 Å². The zero-order valence-corrected chi connectivity index (χ0v) is 14.2. The van der Waals surface area contributed by atoms with Gasteiger partial charge in [-0.1, -0.05) is 0 Å². The number of aryl methyl sites for hydroxylation is 1. The molecule has 0 radical (unpaired) electrons. The highest BCUT2D eigenvalue weighted by molar-refractivity contribution is 7.13. The summed E-state index contributed by atoms with van der Waals surface area (Å²) in [4.78, 5) is 25.2. The van der Waals surface area contributed by atoms with Crippen LogP contribution in [0, 0.1) is 6.92 Å². The van der Waals surface area contributed by atoms with E-state index >= 15 is 0 Å². The van der Waals surface area contributed by atoms with Crippen LogP contribution in [0.2, 0.25) is 0 Å². The third-order valence-corrected chi connectivity index (χ3v) is 4.87. The Morgan fingerprint density at radius 1 is 1.48 bits per heavy atom. The molecule has 1 aliphatic heterocycles. The first-order valence-corrected chi connectivity index (χ1v) is 8.61. The van der Waals surface area contributed by atoms with E-state index in [2.05, 4.69) is 37.4 Å². The van der Waals surface area contributed by atoms with Crippen LogP contribution in [-0.4, -0.2) is 53.0 Å². The zero-order chi connectivity index (χ0) is 16.2. The standard InChI is InChI=1S/C16H21N5OS/c1-12-11-23-16(18-12)21-7-6-20(9-13(21)2)10-15(22)19-14-4-3-5-17-8-14/h3-5,8,11,13H,6-7,9-10H2,1-2H3,(H,19,22)/t13-/m0/s1. The first kappa shape index (κ1) is 15.9. The Labute approximate surface area is 140 Å². The van der Waals surface area contributed by atoms with Crippen LogP contribution < -0.4 is 10.2 Å². The number of amides is 1. The molecular weight excluding hydrogens is 310 g/mol. The van der Waals surface area contributed by atoms with Gasteiger partial charge in [-0.2, -0.15) is 0 Å². The Morgan fingerprint density at radius 2 is 2.35 bits per heavy atom. The van der Waals surface area contributed by atoms with Crippen molar-refractivity contribution >= 4 is 28.1 Å². The van der Waals surface area contributed by atoms with Gasteiger partial charge >= 0.3 is 0 Å². The third-order valence-electron chi connectivity index (χ3n) is 3.88. The maximum absolute atomic E-state index is 12.1. The van der Waals surface area contributed by atoms with E-state index in [-0.39, 0.29) is 5.91 Å². The van der Waals surface area contributed by atoms with E-state index in [1.54, 1.807) is 23.7 Å². The number of aromatic nitrogens is 2. The summed E-state index contributed by atoms with van der Waals surface area (Å²) in [5.74, 6) is 0.00347. The maximum Gasteiger partial charge on any atom is 0.238 e. The van der Waals surface area contributed by atoms with Crippen molar-refractivity contribution in [3.63, 3.8) is 0 Å². The van der Waals surface area contributed by atoms with Gasteiger partial charge in [0.25, 0.3) is 0 Å². The van der Waals surface area contributed by atoms with Crippen molar-refractivity contribution in [2.75, 3.05) is 36.4 Å². The van der Waals surface area contributed by atoms with Crippen LogP contribution in [0.4, 0.5) is 10.8 Å². The number of rotatable bonds is 4. The number of nitrogens with zero attached hydrogens (tertiary/aromatic N) is 4. The number of thiazole rings is 1. The van der Waals surface area contributed by atoms with Gasteiger partial charge < -0.3 is 10.2 Å². The fourth-order valence-electron chi connectivity index (χ4n) is 2.77. The molecule has 7 heteroatoms. The van der Waals surface area contributed by atoms with E-state index in [4.69, 9.17) is 0 Å². The van der Waals surface area contributed by atoms with Crippen molar-refractivity contribution in [1.82, 2.24) is 14.9 Å². The van der Waals surface area contributed by atoms with Crippen molar-refractivity contribution in [3.05, 3.63) is 35.6 Å². The Hall–Kier alpha value is -1.99. The normalized spacial score (nSPS) is 18.9. The van der Waals surface area contributed by atoms with Crippen LogP contribution >= 0.6 is 11.3 Å². The van der Waals surface area contributed by atoms with Gasteiger partial charge in [0.15, 0.2) is 5.13 Å². The van der Waals surface area contributed by atoms with Gasteiger partial charge in [0, 0.05) is 37.3 Å². The summed E-state index contributed by atoms with van der Waals surface area (Å²) in [6.45, 7) is 7.23.